The first kappa shape index (κ1) is 22.2. The van der Waals surface area contributed by atoms with Crippen LogP contribution in [0, 0.1) is 5.92 Å². The van der Waals surface area contributed by atoms with Gasteiger partial charge in [0.15, 0.2) is 5.69 Å². The van der Waals surface area contributed by atoms with Crippen LogP contribution in [0.4, 0.5) is 13.2 Å². The van der Waals surface area contributed by atoms with Crippen LogP contribution < -0.4 is 0 Å². The highest BCUT2D eigenvalue weighted by molar-refractivity contribution is 7.18. The molecule has 2 atom stereocenters. The van der Waals surface area contributed by atoms with Gasteiger partial charge in [-0.05, 0) is 37.8 Å². The quantitative estimate of drug-likeness (QED) is 0.427. The molecule has 6 rings (SSSR count). The molecule has 3 aromatic heterocycles. The molecule has 1 fully saturated rings. The number of nitrogens with one attached hydrogen (secondary N) is 1. The molecule has 0 spiro atoms. The molecule has 1 aliphatic carbocycles. The van der Waals surface area contributed by atoms with Crippen LogP contribution >= 0.6 is 11.3 Å². The summed E-state index contributed by atoms with van der Waals surface area (Å²) < 4.78 is 48.1. The number of aromatic amines is 1. The highest BCUT2D eigenvalue weighted by atomic mass is 32.1. The lowest BCUT2D eigenvalue weighted by atomic mass is 10.0. The predicted molar refractivity (Wildman–Crippen MR) is 119 cm³/mol. The molecule has 4 aromatic rings. The van der Waals surface area contributed by atoms with Crippen molar-refractivity contribution in [2.45, 2.75) is 44.0 Å². The van der Waals surface area contributed by atoms with Gasteiger partial charge >= 0.3 is 6.18 Å². The third kappa shape index (κ3) is 3.62. The van der Waals surface area contributed by atoms with Crippen LogP contribution in [-0.4, -0.2) is 42.4 Å². The fraction of sp³-hybridized carbons (Fsp3) is 0.391. The Morgan fingerprint density at radius 2 is 2.03 bits per heavy atom. The fourth-order valence-corrected chi connectivity index (χ4v) is 5.66. The van der Waals surface area contributed by atoms with Crippen molar-refractivity contribution in [1.29, 1.82) is 0 Å². The standard InChI is InChI=1S/C23H20F3N5O3S/c1-22(33,11-6-7-11)21-30-18(23(24,25)26)17(34-21)20(32)31-9-8-13-15(28-10-27-13)16(31)19-29-12-4-2-3-5-14(12)35-19/h2-5,10-11,16,33H,6-9H2,1H3,(H,27,28)/t16-,22?/m0/s1. The highest BCUT2D eigenvalue weighted by Gasteiger charge is 2.50. The van der Waals surface area contributed by atoms with Crippen LogP contribution in [0.2, 0.25) is 0 Å². The van der Waals surface area contributed by atoms with Gasteiger partial charge in [0.25, 0.3) is 5.91 Å². The maximum atomic E-state index is 13.9. The van der Waals surface area contributed by atoms with Crippen molar-refractivity contribution in [3.8, 4) is 0 Å². The number of carbonyl (C=O) groups excluding carboxylic acids is 1. The van der Waals surface area contributed by atoms with Crippen molar-refractivity contribution in [3.05, 3.63) is 64.3 Å². The van der Waals surface area contributed by atoms with Gasteiger partial charge in [-0.3, -0.25) is 4.79 Å². The first-order valence-electron chi connectivity index (χ1n) is 11.1. The molecule has 2 aliphatic rings. The van der Waals surface area contributed by atoms with E-state index in [4.69, 9.17) is 4.42 Å². The monoisotopic (exact) mass is 503 g/mol. The number of benzene rings is 1. The number of aliphatic hydroxyl groups is 1. The van der Waals surface area contributed by atoms with E-state index in [-0.39, 0.29) is 12.5 Å². The van der Waals surface area contributed by atoms with E-state index in [0.29, 0.717) is 30.0 Å². The summed E-state index contributed by atoms with van der Waals surface area (Å²) in [5.41, 5.74) is -1.08. The lowest BCUT2D eigenvalue weighted by Gasteiger charge is -2.33. The van der Waals surface area contributed by atoms with Gasteiger partial charge in [0.05, 0.1) is 22.2 Å². The average molecular weight is 504 g/mol. The van der Waals surface area contributed by atoms with E-state index in [0.717, 1.165) is 15.9 Å². The number of thiazole rings is 1. The third-order valence-corrected chi connectivity index (χ3v) is 7.71. The van der Waals surface area contributed by atoms with E-state index in [9.17, 15) is 23.1 Å². The number of para-hydroxylation sites is 1. The molecule has 0 bridgehead atoms. The summed E-state index contributed by atoms with van der Waals surface area (Å²) in [6.07, 6.45) is -1.77. The normalized spacial score (nSPS) is 20.1. The van der Waals surface area contributed by atoms with Gasteiger partial charge in [-0.15, -0.1) is 11.3 Å². The number of amides is 1. The molecule has 1 unspecified atom stereocenters. The number of halogens is 3. The third-order valence-electron chi connectivity index (χ3n) is 6.63. The molecule has 0 saturated heterocycles. The van der Waals surface area contributed by atoms with Gasteiger partial charge in [0, 0.05) is 18.7 Å². The molecular weight excluding hydrogens is 483 g/mol. The van der Waals surface area contributed by atoms with Crippen LogP contribution in [0.5, 0.6) is 0 Å². The SMILES string of the molecule is CC(O)(c1nc(C(F)(F)F)c(C(=O)N2CCc3[nH]cnc3[C@H]2c2nc3ccccc3s2)o1)C1CC1. The minimum Gasteiger partial charge on any atom is -0.432 e. The van der Waals surface area contributed by atoms with Gasteiger partial charge in [-0.25, -0.2) is 15.0 Å². The number of hydrogen-bond donors (Lipinski definition) is 2. The molecule has 12 heteroatoms. The average Bonchev–Trinajstić information content (AvgIpc) is 3.23. The Hall–Kier alpha value is -3.25. The Morgan fingerprint density at radius 3 is 2.74 bits per heavy atom. The fourth-order valence-electron chi connectivity index (χ4n) is 4.58. The minimum atomic E-state index is -4.94. The number of fused-ring (bicyclic) bond motifs is 2. The summed E-state index contributed by atoms with van der Waals surface area (Å²) in [6.45, 7) is 1.49. The number of hydrogen-bond acceptors (Lipinski definition) is 7. The Morgan fingerprint density at radius 1 is 1.26 bits per heavy atom. The lowest BCUT2D eigenvalue weighted by molar-refractivity contribution is -0.141. The van der Waals surface area contributed by atoms with E-state index < -0.39 is 41.1 Å². The van der Waals surface area contributed by atoms with Crippen molar-refractivity contribution >= 4 is 27.5 Å². The van der Waals surface area contributed by atoms with Crippen LogP contribution in [0.1, 0.15) is 64.3 Å². The summed E-state index contributed by atoms with van der Waals surface area (Å²) in [5.74, 6) is -2.66. The first-order chi connectivity index (χ1) is 16.6. The molecule has 1 aliphatic heterocycles. The summed E-state index contributed by atoms with van der Waals surface area (Å²) in [4.78, 5) is 30.6. The van der Waals surface area contributed by atoms with Gasteiger partial charge in [-0.2, -0.15) is 13.2 Å². The number of rotatable bonds is 4. The molecule has 0 radical (unpaired) electrons. The predicted octanol–water partition coefficient (Wildman–Crippen LogP) is 4.43. The van der Waals surface area contributed by atoms with Crippen molar-refractivity contribution in [3.63, 3.8) is 0 Å². The van der Waals surface area contributed by atoms with E-state index in [1.807, 2.05) is 24.3 Å². The van der Waals surface area contributed by atoms with E-state index in [2.05, 4.69) is 19.9 Å². The minimum absolute atomic E-state index is 0.126. The zero-order valence-corrected chi connectivity index (χ0v) is 19.3. The van der Waals surface area contributed by atoms with Gasteiger partial charge in [-0.1, -0.05) is 12.1 Å². The summed E-state index contributed by atoms with van der Waals surface area (Å²) >= 11 is 1.35. The van der Waals surface area contributed by atoms with Crippen LogP contribution in [0.25, 0.3) is 10.2 Å². The molecule has 1 aromatic carbocycles. The number of imidazole rings is 1. The van der Waals surface area contributed by atoms with Crippen molar-refractivity contribution < 1.29 is 27.5 Å². The van der Waals surface area contributed by atoms with Gasteiger partial charge in [0.1, 0.15) is 16.7 Å². The Labute approximate surface area is 200 Å². The number of oxazole rings is 1. The van der Waals surface area contributed by atoms with E-state index in [1.165, 1.54) is 29.5 Å². The second kappa shape index (κ2) is 7.62. The first-order valence-corrected chi connectivity index (χ1v) is 12.0. The lowest BCUT2D eigenvalue weighted by Crippen LogP contribution is -2.41. The van der Waals surface area contributed by atoms with E-state index >= 15 is 0 Å². The van der Waals surface area contributed by atoms with Crippen molar-refractivity contribution in [1.82, 2.24) is 24.8 Å². The second-order valence-corrected chi connectivity index (χ2v) is 10.1. The van der Waals surface area contributed by atoms with Crippen LogP contribution in [0.15, 0.2) is 35.0 Å². The number of H-pyrrole nitrogens is 1. The molecule has 35 heavy (non-hydrogen) atoms. The molecule has 1 saturated carbocycles. The number of aromatic nitrogens is 4. The topological polar surface area (TPSA) is 108 Å². The summed E-state index contributed by atoms with van der Waals surface area (Å²) in [5, 5.41) is 11.3. The van der Waals surface area contributed by atoms with Gasteiger partial charge < -0.3 is 19.4 Å². The number of carbonyl (C=O) groups is 1. The highest BCUT2D eigenvalue weighted by Crippen LogP contribution is 2.47. The van der Waals surface area contributed by atoms with Crippen molar-refractivity contribution in [2.75, 3.05) is 6.54 Å². The maximum absolute atomic E-state index is 13.9. The summed E-state index contributed by atoms with van der Waals surface area (Å²) in [7, 11) is 0. The zero-order valence-electron chi connectivity index (χ0n) is 18.5. The van der Waals surface area contributed by atoms with Crippen LogP contribution in [0.3, 0.4) is 0 Å². The smallest absolute Gasteiger partial charge is 0.432 e. The summed E-state index contributed by atoms with van der Waals surface area (Å²) in [6, 6.07) is 6.63. The Kier molecular flexibility index (Phi) is 4.84. The number of alkyl halides is 3. The largest absolute Gasteiger partial charge is 0.437 e. The Balaban J connectivity index is 1.46. The second-order valence-electron chi connectivity index (χ2n) is 9.05. The van der Waals surface area contributed by atoms with E-state index in [1.54, 1.807) is 0 Å². The zero-order chi connectivity index (χ0) is 24.5. The molecule has 1 amide bonds. The molecule has 4 heterocycles. The Bertz CT molecular complexity index is 1400. The van der Waals surface area contributed by atoms with Gasteiger partial charge in [0.2, 0.25) is 11.7 Å². The van der Waals surface area contributed by atoms with Crippen molar-refractivity contribution in [2.24, 2.45) is 5.92 Å². The number of nitrogens with zero attached hydrogens (tertiary/aromatic N) is 4. The molecular formula is C23H20F3N5O3S. The molecule has 8 nitrogen and oxygen atoms in total. The molecule has 2 N–H and O–H groups in total. The maximum Gasteiger partial charge on any atom is 0.437 e. The molecule has 182 valence electrons. The van der Waals surface area contributed by atoms with Crippen LogP contribution in [-0.2, 0) is 18.2 Å².